The van der Waals surface area contributed by atoms with E-state index in [1.165, 1.54) is 63.4 Å². The van der Waals surface area contributed by atoms with Crippen LogP contribution in [0.2, 0.25) is 0 Å². The molecule has 1 aromatic rings. The van der Waals surface area contributed by atoms with Crippen LogP contribution in [0.25, 0.3) is 0 Å². The number of aryl methyl sites for hydroxylation is 1. The summed E-state index contributed by atoms with van der Waals surface area (Å²) in [5.41, 5.74) is 1.18. The molecule has 23 heavy (non-hydrogen) atoms. The van der Waals surface area contributed by atoms with Crippen molar-refractivity contribution in [3.05, 3.63) is 29.6 Å². The fourth-order valence-electron chi connectivity index (χ4n) is 5.29. The van der Waals surface area contributed by atoms with Crippen molar-refractivity contribution >= 4 is 0 Å². The Bertz CT molecular complexity index is 527. The number of benzene rings is 1. The predicted octanol–water partition coefficient (Wildman–Crippen LogP) is 5.91. The van der Waals surface area contributed by atoms with Crippen molar-refractivity contribution in [2.75, 3.05) is 0 Å². The zero-order valence-corrected chi connectivity index (χ0v) is 14.1. The molecule has 3 aliphatic rings. The van der Waals surface area contributed by atoms with E-state index in [-0.39, 0.29) is 5.82 Å². The molecular formula is C21H29FO. The fraction of sp³-hybridized carbons (Fsp3) is 0.714. The Morgan fingerprint density at radius 3 is 2.26 bits per heavy atom. The van der Waals surface area contributed by atoms with Crippen molar-refractivity contribution < 1.29 is 9.13 Å². The van der Waals surface area contributed by atoms with Crippen LogP contribution in [0.5, 0.6) is 5.75 Å². The summed E-state index contributed by atoms with van der Waals surface area (Å²) in [6.07, 6.45) is 15.2. The number of hydrogen-bond donors (Lipinski definition) is 0. The highest BCUT2D eigenvalue weighted by Gasteiger charge is 2.34. The van der Waals surface area contributed by atoms with Gasteiger partial charge in [-0.15, -0.1) is 0 Å². The molecule has 0 bridgehead atoms. The van der Waals surface area contributed by atoms with E-state index >= 15 is 0 Å². The molecule has 1 aliphatic heterocycles. The zero-order chi connectivity index (χ0) is 15.6. The molecular weight excluding hydrogens is 287 g/mol. The second kappa shape index (κ2) is 6.83. The molecule has 2 saturated carbocycles. The maximum absolute atomic E-state index is 13.4. The molecule has 1 unspecified atom stereocenters. The van der Waals surface area contributed by atoms with Gasteiger partial charge in [-0.05, 0) is 67.9 Å². The molecule has 126 valence electrons. The standard InChI is InChI=1S/C21H29FO/c22-19-12-10-18-11-13-20(23-21(18)14-19)17-8-6-16(7-9-17)15-4-2-1-3-5-15/h10,12,14-17,20H,1-9,11,13H2. The number of halogens is 1. The molecule has 1 aromatic carbocycles. The summed E-state index contributed by atoms with van der Waals surface area (Å²) >= 11 is 0. The van der Waals surface area contributed by atoms with Gasteiger partial charge in [-0.25, -0.2) is 4.39 Å². The van der Waals surface area contributed by atoms with Gasteiger partial charge in [0.1, 0.15) is 17.7 Å². The van der Waals surface area contributed by atoms with Crippen molar-refractivity contribution in [3.63, 3.8) is 0 Å². The lowest BCUT2D eigenvalue weighted by molar-refractivity contribution is 0.0627. The molecule has 2 heteroatoms. The van der Waals surface area contributed by atoms with Crippen LogP contribution >= 0.6 is 0 Å². The van der Waals surface area contributed by atoms with Crippen molar-refractivity contribution in [2.45, 2.75) is 76.7 Å². The van der Waals surface area contributed by atoms with Crippen LogP contribution in [0.1, 0.15) is 69.8 Å². The second-order valence-electron chi connectivity index (χ2n) is 8.02. The fourth-order valence-corrected chi connectivity index (χ4v) is 5.29. The van der Waals surface area contributed by atoms with E-state index in [2.05, 4.69) is 0 Å². The van der Waals surface area contributed by atoms with Crippen LogP contribution in [-0.2, 0) is 6.42 Å². The number of rotatable bonds is 2. The van der Waals surface area contributed by atoms with Gasteiger partial charge in [0.25, 0.3) is 0 Å². The third-order valence-corrected chi connectivity index (χ3v) is 6.66. The van der Waals surface area contributed by atoms with Crippen LogP contribution < -0.4 is 4.74 Å². The molecule has 4 rings (SSSR count). The highest BCUT2D eigenvalue weighted by molar-refractivity contribution is 5.36. The first-order valence-electron chi connectivity index (χ1n) is 9.74. The smallest absolute Gasteiger partial charge is 0.126 e. The van der Waals surface area contributed by atoms with Gasteiger partial charge in [-0.2, -0.15) is 0 Å². The predicted molar refractivity (Wildman–Crippen MR) is 91.2 cm³/mol. The Balaban J connectivity index is 1.34. The van der Waals surface area contributed by atoms with E-state index in [0.29, 0.717) is 12.0 Å². The molecule has 0 saturated heterocycles. The summed E-state index contributed by atoms with van der Waals surface area (Å²) in [6.45, 7) is 0. The topological polar surface area (TPSA) is 9.23 Å². The van der Waals surface area contributed by atoms with Gasteiger partial charge in [0.2, 0.25) is 0 Å². The first-order chi connectivity index (χ1) is 11.3. The molecule has 0 N–H and O–H groups in total. The maximum Gasteiger partial charge on any atom is 0.126 e. The molecule has 1 atom stereocenters. The summed E-state index contributed by atoms with van der Waals surface area (Å²) in [5, 5.41) is 0. The Labute approximate surface area is 139 Å². The third-order valence-electron chi connectivity index (χ3n) is 6.66. The Kier molecular flexibility index (Phi) is 4.59. The van der Waals surface area contributed by atoms with Crippen molar-refractivity contribution in [3.8, 4) is 5.75 Å². The van der Waals surface area contributed by atoms with Crippen LogP contribution in [0.4, 0.5) is 4.39 Å². The van der Waals surface area contributed by atoms with Gasteiger partial charge in [-0.3, -0.25) is 0 Å². The molecule has 0 amide bonds. The highest BCUT2D eigenvalue weighted by atomic mass is 19.1. The van der Waals surface area contributed by atoms with E-state index in [0.717, 1.165) is 30.4 Å². The molecule has 0 radical (unpaired) electrons. The van der Waals surface area contributed by atoms with Crippen molar-refractivity contribution in [1.82, 2.24) is 0 Å². The van der Waals surface area contributed by atoms with Gasteiger partial charge in [-0.1, -0.05) is 38.2 Å². The molecule has 1 heterocycles. The van der Waals surface area contributed by atoms with E-state index in [1.807, 2.05) is 6.07 Å². The number of hydrogen-bond acceptors (Lipinski definition) is 1. The van der Waals surface area contributed by atoms with Gasteiger partial charge >= 0.3 is 0 Å². The normalized spacial score (nSPS) is 32.1. The average molecular weight is 316 g/mol. The molecule has 2 fully saturated rings. The van der Waals surface area contributed by atoms with Gasteiger partial charge < -0.3 is 4.74 Å². The summed E-state index contributed by atoms with van der Waals surface area (Å²) in [4.78, 5) is 0. The lowest BCUT2D eigenvalue weighted by Gasteiger charge is -2.39. The minimum absolute atomic E-state index is 0.176. The quantitative estimate of drug-likeness (QED) is 0.659. The van der Waals surface area contributed by atoms with Gasteiger partial charge in [0.15, 0.2) is 0 Å². The largest absolute Gasteiger partial charge is 0.490 e. The van der Waals surface area contributed by atoms with E-state index < -0.39 is 0 Å². The minimum atomic E-state index is -0.176. The monoisotopic (exact) mass is 316 g/mol. The Morgan fingerprint density at radius 1 is 0.783 bits per heavy atom. The highest BCUT2D eigenvalue weighted by Crippen LogP contribution is 2.43. The van der Waals surface area contributed by atoms with E-state index in [9.17, 15) is 4.39 Å². The Morgan fingerprint density at radius 2 is 1.48 bits per heavy atom. The third kappa shape index (κ3) is 3.41. The summed E-state index contributed by atoms with van der Waals surface area (Å²) < 4.78 is 19.6. The lowest BCUT2D eigenvalue weighted by atomic mass is 9.69. The van der Waals surface area contributed by atoms with E-state index in [4.69, 9.17) is 4.74 Å². The van der Waals surface area contributed by atoms with Crippen molar-refractivity contribution in [1.29, 1.82) is 0 Å². The van der Waals surface area contributed by atoms with E-state index in [1.54, 1.807) is 12.1 Å². The Hall–Kier alpha value is -1.05. The summed E-state index contributed by atoms with van der Waals surface area (Å²) in [7, 11) is 0. The van der Waals surface area contributed by atoms with Gasteiger partial charge in [0, 0.05) is 6.07 Å². The van der Waals surface area contributed by atoms with Crippen molar-refractivity contribution in [2.24, 2.45) is 17.8 Å². The number of ether oxygens (including phenoxy) is 1. The molecule has 2 aliphatic carbocycles. The SMILES string of the molecule is Fc1ccc2c(c1)OC(C1CCC(C3CCCCC3)CC1)CC2. The molecule has 0 spiro atoms. The molecule has 1 nitrogen and oxygen atoms in total. The van der Waals surface area contributed by atoms with Crippen LogP contribution in [0.3, 0.4) is 0 Å². The minimum Gasteiger partial charge on any atom is -0.490 e. The second-order valence-corrected chi connectivity index (χ2v) is 8.02. The first-order valence-corrected chi connectivity index (χ1v) is 9.74. The number of fused-ring (bicyclic) bond motifs is 1. The average Bonchev–Trinajstić information content (AvgIpc) is 2.62. The summed E-state index contributed by atoms with van der Waals surface area (Å²) in [6, 6.07) is 5.02. The first kappa shape index (κ1) is 15.5. The van der Waals surface area contributed by atoms with Crippen LogP contribution in [0.15, 0.2) is 18.2 Å². The van der Waals surface area contributed by atoms with Crippen LogP contribution in [-0.4, -0.2) is 6.10 Å². The zero-order valence-electron chi connectivity index (χ0n) is 14.1. The summed E-state index contributed by atoms with van der Waals surface area (Å²) in [5.74, 6) is 3.29. The van der Waals surface area contributed by atoms with Gasteiger partial charge in [0.05, 0.1) is 0 Å². The van der Waals surface area contributed by atoms with Crippen LogP contribution in [0, 0.1) is 23.6 Å². The lowest BCUT2D eigenvalue weighted by Crippen LogP contribution is -2.35. The molecule has 0 aromatic heterocycles. The maximum atomic E-state index is 13.4.